The summed E-state index contributed by atoms with van der Waals surface area (Å²) in [5, 5.41) is 3.38. The van der Waals surface area contributed by atoms with Crippen molar-refractivity contribution < 1.29 is 8.78 Å². The number of hydrogen-bond donors (Lipinski definition) is 1. The van der Waals surface area contributed by atoms with Gasteiger partial charge in [-0.1, -0.05) is 6.07 Å². The first kappa shape index (κ1) is 11.1. The highest BCUT2D eigenvalue weighted by Crippen LogP contribution is 2.27. The average Bonchev–Trinajstić information content (AvgIpc) is 2.82. The summed E-state index contributed by atoms with van der Waals surface area (Å²) in [6.07, 6.45) is 0. The Morgan fingerprint density at radius 3 is 2.53 bits per heavy atom. The molecule has 0 aromatic heterocycles. The second-order valence-corrected chi connectivity index (χ2v) is 5.11. The zero-order valence-corrected chi connectivity index (χ0v) is 9.63. The first-order chi connectivity index (χ1) is 8.22. The van der Waals surface area contributed by atoms with Crippen molar-refractivity contribution in [3.05, 3.63) is 35.4 Å². The number of likely N-dealkylation sites (tertiary alicyclic amines) is 1. The fourth-order valence-electron chi connectivity index (χ4n) is 2.97. The maximum Gasteiger partial charge on any atom is 0.130 e. The minimum atomic E-state index is -0.506. The zero-order chi connectivity index (χ0) is 11.8. The van der Waals surface area contributed by atoms with E-state index in [9.17, 15) is 8.78 Å². The van der Waals surface area contributed by atoms with Gasteiger partial charge in [0, 0.05) is 31.3 Å². The minimum Gasteiger partial charge on any atom is -0.316 e. The zero-order valence-electron chi connectivity index (χ0n) is 9.63. The van der Waals surface area contributed by atoms with Crippen LogP contribution in [0.25, 0.3) is 0 Å². The molecule has 1 aromatic carbocycles. The highest BCUT2D eigenvalue weighted by atomic mass is 19.1. The predicted octanol–water partition coefficient (Wildman–Crippen LogP) is 1.62. The highest BCUT2D eigenvalue weighted by molar-refractivity contribution is 5.18. The Morgan fingerprint density at radius 2 is 1.88 bits per heavy atom. The molecule has 2 atom stereocenters. The van der Waals surface area contributed by atoms with Gasteiger partial charge >= 0.3 is 0 Å². The van der Waals surface area contributed by atoms with E-state index in [1.54, 1.807) is 6.07 Å². The van der Waals surface area contributed by atoms with Gasteiger partial charge in [0.15, 0.2) is 0 Å². The van der Waals surface area contributed by atoms with Gasteiger partial charge in [0.05, 0.1) is 0 Å². The van der Waals surface area contributed by atoms with Crippen LogP contribution in [0.4, 0.5) is 8.78 Å². The van der Waals surface area contributed by atoms with Gasteiger partial charge in [0.2, 0.25) is 0 Å². The Hall–Kier alpha value is -1.00. The smallest absolute Gasteiger partial charge is 0.130 e. The fraction of sp³-hybridized carbons (Fsp3) is 0.538. The molecule has 1 N–H and O–H groups in total. The normalized spacial score (nSPS) is 28.6. The Labute approximate surface area is 99.6 Å². The van der Waals surface area contributed by atoms with Gasteiger partial charge in [-0.15, -0.1) is 0 Å². The molecule has 0 spiro atoms. The molecule has 3 rings (SSSR count). The van der Waals surface area contributed by atoms with Crippen molar-refractivity contribution in [3.8, 4) is 0 Å². The lowest BCUT2D eigenvalue weighted by molar-refractivity contribution is 0.300. The maximum absolute atomic E-state index is 13.5. The number of rotatable bonds is 2. The summed E-state index contributed by atoms with van der Waals surface area (Å²) >= 11 is 0. The molecule has 4 heteroatoms. The van der Waals surface area contributed by atoms with E-state index in [-0.39, 0.29) is 0 Å². The van der Waals surface area contributed by atoms with E-state index in [0.29, 0.717) is 23.9 Å². The summed E-state index contributed by atoms with van der Waals surface area (Å²) in [5.74, 6) is 0.478. The van der Waals surface area contributed by atoms with Crippen molar-refractivity contribution in [2.24, 2.45) is 11.8 Å². The lowest BCUT2D eigenvalue weighted by Gasteiger charge is -2.17. The fourth-order valence-corrected chi connectivity index (χ4v) is 2.97. The molecule has 2 aliphatic rings. The van der Waals surface area contributed by atoms with E-state index < -0.39 is 11.6 Å². The molecule has 92 valence electrons. The molecule has 0 bridgehead atoms. The topological polar surface area (TPSA) is 15.3 Å². The van der Waals surface area contributed by atoms with Gasteiger partial charge in [-0.05, 0) is 31.0 Å². The number of benzene rings is 1. The van der Waals surface area contributed by atoms with Gasteiger partial charge in [-0.2, -0.15) is 0 Å². The molecule has 2 heterocycles. The van der Waals surface area contributed by atoms with Gasteiger partial charge in [0.1, 0.15) is 11.6 Å². The van der Waals surface area contributed by atoms with Crippen LogP contribution < -0.4 is 5.32 Å². The molecule has 0 radical (unpaired) electrons. The van der Waals surface area contributed by atoms with Gasteiger partial charge in [0.25, 0.3) is 0 Å². The molecule has 1 aromatic rings. The predicted molar refractivity (Wildman–Crippen MR) is 61.5 cm³/mol. The van der Waals surface area contributed by atoms with Crippen LogP contribution in [0.3, 0.4) is 0 Å². The maximum atomic E-state index is 13.5. The second-order valence-electron chi connectivity index (χ2n) is 5.11. The van der Waals surface area contributed by atoms with Crippen molar-refractivity contribution in [1.29, 1.82) is 0 Å². The Bertz CT molecular complexity index is 410. The number of nitrogens with zero attached hydrogens (tertiary/aromatic N) is 1. The van der Waals surface area contributed by atoms with Crippen molar-refractivity contribution in [3.63, 3.8) is 0 Å². The summed E-state index contributed by atoms with van der Waals surface area (Å²) in [5.41, 5.74) is 0.597. The highest BCUT2D eigenvalue weighted by Gasteiger charge is 2.35. The number of fused-ring (bicyclic) bond motifs is 1. The third-order valence-corrected chi connectivity index (χ3v) is 3.87. The Morgan fingerprint density at radius 1 is 1.18 bits per heavy atom. The first-order valence-corrected chi connectivity index (χ1v) is 6.09. The largest absolute Gasteiger partial charge is 0.316 e. The molecule has 0 unspecified atom stereocenters. The first-order valence-electron chi connectivity index (χ1n) is 6.09. The molecule has 2 saturated heterocycles. The van der Waals surface area contributed by atoms with Gasteiger partial charge in [-0.25, -0.2) is 8.78 Å². The third-order valence-electron chi connectivity index (χ3n) is 3.87. The average molecular weight is 238 g/mol. The van der Waals surface area contributed by atoms with Crippen LogP contribution in [-0.2, 0) is 6.54 Å². The van der Waals surface area contributed by atoms with E-state index in [2.05, 4.69) is 10.2 Å². The molecule has 0 aliphatic carbocycles. The molecule has 2 fully saturated rings. The summed E-state index contributed by atoms with van der Waals surface area (Å²) in [4.78, 5) is 2.27. The van der Waals surface area contributed by atoms with E-state index in [4.69, 9.17) is 0 Å². The Balaban J connectivity index is 1.67. The van der Waals surface area contributed by atoms with Crippen LogP contribution in [0.2, 0.25) is 0 Å². The summed E-state index contributed by atoms with van der Waals surface area (Å²) < 4.78 is 26.3. The van der Waals surface area contributed by atoms with Crippen molar-refractivity contribution in [2.75, 3.05) is 26.2 Å². The molecular weight excluding hydrogens is 222 g/mol. The Kier molecular flexibility index (Phi) is 2.84. The van der Waals surface area contributed by atoms with Crippen LogP contribution in [-0.4, -0.2) is 31.1 Å². The van der Waals surface area contributed by atoms with E-state index in [1.807, 2.05) is 0 Å². The van der Waals surface area contributed by atoms with Gasteiger partial charge < -0.3 is 5.32 Å². The summed E-state index contributed by atoms with van der Waals surface area (Å²) in [6.45, 7) is 4.79. The number of halogens is 2. The monoisotopic (exact) mass is 238 g/mol. The van der Waals surface area contributed by atoms with Crippen LogP contribution >= 0.6 is 0 Å². The molecule has 2 nitrogen and oxygen atoms in total. The standard InChI is InChI=1S/C13H16F2N2/c14-12-2-1-9(13(15)3-12)6-17-7-10-4-16-5-11(10)8-17/h1-3,10-11,16H,4-8H2/t10-,11+. The molecular formula is C13H16F2N2. The molecule has 17 heavy (non-hydrogen) atoms. The van der Waals surface area contributed by atoms with Gasteiger partial charge in [-0.3, -0.25) is 4.90 Å². The van der Waals surface area contributed by atoms with Crippen molar-refractivity contribution >= 4 is 0 Å². The SMILES string of the molecule is Fc1ccc(CN2C[C@H]3CNC[C@H]3C2)c(F)c1. The molecule has 2 aliphatic heterocycles. The van der Waals surface area contributed by atoms with Crippen LogP contribution in [0, 0.1) is 23.5 Å². The van der Waals surface area contributed by atoms with Crippen molar-refractivity contribution in [2.45, 2.75) is 6.54 Å². The van der Waals surface area contributed by atoms with E-state index >= 15 is 0 Å². The van der Waals surface area contributed by atoms with Crippen molar-refractivity contribution in [1.82, 2.24) is 10.2 Å². The number of hydrogen-bond acceptors (Lipinski definition) is 2. The van der Waals surface area contributed by atoms with E-state index in [1.165, 1.54) is 6.07 Å². The van der Waals surface area contributed by atoms with Crippen LogP contribution in [0.15, 0.2) is 18.2 Å². The number of nitrogens with one attached hydrogen (secondary N) is 1. The molecule has 0 saturated carbocycles. The van der Waals surface area contributed by atoms with Crippen LogP contribution in [0.5, 0.6) is 0 Å². The quantitative estimate of drug-likeness (QED) is 0.842. The summed E-state index contributed by atoms with van der Waals surface area (Å²) in [7, 11) is 0. The van der Waals surface area contributed by atoms with E-state index in [0.717, 1.165) is 32.2 Å². The second kappa shape index (κ2) is 4.35. The molecule has 0 amide bonds. The lowest BCUT2D eigenvalue weighted by Crippen LogP contribution is -2.25. The minimum absolute atomic E-state index is 0.430. The lowest BCUT2D eigenvalue weighted by atomic mass is 10.0. The third kappa shape index (κ3) is 2.19. The summed E-state index contributed by atoms with van der Waals surface area (Å²) in [6, 6.07) is 3.85. The van der Waals surface area contributed by atoms with Crippen LogP contribution in [0.1, 0.15) is 5.56 Å².